The Morgan fingerprint density at radius 3 is 2.57 bits per heavy atom. The van der Waals surface area contributed by atoms with Gasteiger partial charge in [0.25, 0.3) is 0 Å². The van der Waals surface area contributed by atoms with Crippen molar-refractivity contribution < 1.29 is 13.9 Å². The first-order chi connectivity index (χ1) is 14.3. The van der Waals surface area contributed by atoms with Crippen molar-refractivity contribution in [2.45, 2.75) is 20.5 Å². The minimum atomic E-state index is 0.190. The third-order valence-corrected chi connectivity index (χ3v) is 5.32. The van der Waals surface area contributed by atoms with Crippen LogP contribution in [0, 0.1) is 25.2 Å². The lowest BCUT2D eigenvalue weighted by molar-refractivity contribution is 0.285. The molecule has 0 unspecified atom stereocenters. The number of hydrogen-bond acceptors (Lipinski definition) is 5. The third-order valence-electron chi connectivity index (χ3n) is 4.45. The van der Waals surface area contributed by atoms with E-state index in [0.717, 1.165) is 11.1 Å². The zero-order valence-electron chi connectivity index (χ0n) is 16.4. The van der Waals surface area contributed by atoms with Crippen LogP contribution < -0.4 is 9.47 Å². The van der Waals surface area contributed by atoms with Gasteiger partial charge >= 0.3 is 0 Å². The molecule has 8 heteroatoms. The maximum Gasteiger partial charge on any atom is 0.237 e. The molecule has 1 aromatic heterocycles. The van der Waals surface area contributed by atoms with Crippen molar-refractivity contribution in [1.29, 1.82) is 5.26 Å². The van der Waals surface area contributed by atoms with Gasteiger partial charge in [0.2, 0.25) is 5.88 Å². The second-order valence-electron chi connectivity index (χ2n) is 6.39. The Bertz CT molecular complexity index is 1160. The highest BCUT2D eigenvalue weighted by Gasteiger charge is 2.15. The van der Waals surface area contributed by atoms with E-state index in [2.05, 4.69) is 11.1 Å². The highest BCUT2D eigenvalue weighted by atomic mass is 35.5. The Labute approximate surface area is 189 Å². The van der Waals surface area contributed by atoms with Gasteiger partial charge in [-0.3, -0.25) is 0 Å². The number of methoxy groups -OCH3 is 1. The van der Waals surface area contributed by atoms with E-state index in [9.17, 15) is 5.26 Å². The van der Waals surface area contributed by atoms with Crippen molar-refractivity contribution in [3.63, 3.8) is 0 Å². The topological polar surface area (TPSA) is 67.8 Å². The average Bonchev–Trinajstić information content (AvgIpc) is 2.99. The molecule has 0 bridgehead atoms. The maximum absolute atomic E-state index is 9.30. The Morgan fingerprint density at radius 2 is 1.90 bits per heavy atom. The molecule has 2 aromatic carbocycles. The lowest BCUT2D eigenvalue weighted by Gasteiger charge is -2.14. The summed E-state index contributed by atoms with van der Waals surface area (Å²) in [7, 11) is 1.52. The van der Waals surface area contributed by atoms with Gasteiger partial charge in [-0.15, -0.1) is 0 Å². The van der Waals surface area contributed by atoms with E-state index in [0.29, 0.717) is 43.5 Å². The first kappa shape index (κ1) is 22.0. The summed E-state index contributed by atoms with van der Waals surface area (Å²) in [4.78, 5) is 4.29. The lowest BCUT2D eigenvalue weighted by atomic mass is 10.2. The van der Waals surface area contributed by atoms with Gasteiger partial charge in [0, 0.05) is 27.4 Å². The van der Waals surface area contributed by atoms with Gasteiger partial charge in [-0.2, -0.15) is 5.26 Å². The number of aryl methyl sites for hydroxylation is 1. The van der Waals surface area contributed by atoms with Gasteiger partial charge in [-0.05, 0) is 43.7 Å². The van der Waals surface area contributed by atoms with Crippen LogP contribution in [0.2, 0.25) is 15.1 Å². The van der Waals surface area contributed by atoms with Crippen molar-refractivity contribution in [2.75, 3.05) is 7.11 Å². The standard InChI is InChI=1S/C22H17Cl3N2O3/c1-12-13(2)30-22(17(12)9-26)27-10-14-6-19(25)21(20(7-14)28-3)29-11-15-4-5-16(23)8-18(15)24/h4-8,10H,11H2,1-3H3. The van der Waals surface area contributed by atoms with E-state index in [1.54, 1.807) is 43.5 Å². The number of nitriles is 1. The minimum Gasteiger partial charge on any atom is -0.493 e. The number of nitrogens with zero attached hydrogens (tertiary/aromatic N) is 2. The van der Waals surface area contributed by atoms with E-state index >= 15 is 0 Å². The largest absolute Gasteiger partial charge is 0.493 e. The van der Waals surface area contributed by atoms with Crippen LogP contribution in [0.4, 0.5) is 5.88 Å². The number of benzene rings is 2. The molecule has 0 fully saturated rings. The summed E-state index contributed by atoms with van der Waals surface area (Å²) in [5, 5.41) is 10.7. The van der Waals surface area contributed by atoms with Gasteiger partial charge in [-0.25, -0.2) is 4.99 Å². The first-order valence-corrected chi connectivity index (χ1v) is 9.95. The van der Waals surface area contributed by atoms with Crippen LogP contribution in [0.3, 0.4) is 0 Å². The fraction of sp³-hybridized carbons (Fsp3) is 0.182. The fourth-order valence-corrected chi connectivity index (χ4v) is 3.44. The van der Waals surface area contributed by atoms with Crippen molar-refractivity contribution in [3.05, 3.63) is 73.4 Å². The number of hydrogen-bond donors (Lipinski definition) is 0. The normalized spacial score (nSPS) is 11.0. The quantitative estimate of drug-likeness (QED) is 0.367. The number of rotatable bonds is 6. The maximum atomic E-state index is 9.30. The van der Waals surface area contributed by atoms with E-state index in [1.807, 2.05) is 6.92 Å². The Balaban J connectivity index is 1.85. The first-order valence-electron chi connectivity index (χ1n) is 8.82. The molecule has 0 radical (unpaired) electrons. The van der Waals surface area contributed by atoms with Crippen molar-refractivity contribution in [3.8, 4) is 17.6 Å². The third kappa shape index (κ3) is 4.73. The van der Waals surface area contributed by atoms with Gasteiger partial charge in [-0.1, -0.05) is 40.9 Å². The van der Waals surface area contributed by atoms with Crippen LogP contribution in [-0.4, -0.2) is 13.3 Å². The van der Waals surface area contributed by atoms with Crippen LogP contribution in [-0.2, 0) is 6.61 Å². The van der Waals surface area contributed by atoms with Crippen LogP contribution in [0.1, 0.15) is 28.0 Å². The van der Waals surface area contributed by atoms with Gasteiger partial charge in [0.15, 0.2) is 11.5 Å². The fourth-order valence-electron chi connectivity index (χ4n) is 2.71. The monoisotopic (exact) mass is 462 g/mol. The molecule has 0 saturated heterocycles. The van der Waals surface area contributed by atoms with Gasteiger partial charge in [0.1, 0.15) is 24.0 Å². The van der Waals surface area contributed by atoms with E-state index in [-0.39, 0.29) is 12.5 Å². The SMILES string of the molecule is COc1cc(C=Nc2oc(C)c(C)c2C#N)cc(Cl)c1OCc1ccc(Cl)cc1Cl. The molecule has 3 aromatic rings. The molecule has 5 nitrogen and oxygen atoms in total. The molecule has 3 rings (SSSR count). The smallest absolute Gasteiger partial charge is 0.237 e. The summed E-state index contributed by atoms with van der Waals surface area (Å²) in [6.45, 7) is 3.79. The molecule has 0 aliphatic rings. The summed E-state index contributed by atoms with van der Waals surface area (Å²) in [6, 6.07) is 10.7. The van der Waals surface area contributed by atoms with Crippen molar-refractivity contribution in [2.24, 2.45) is 4.99 Å². The summed E-state index contributed by atoms with van der Waals surface area (Å²) < 4.78 is 16.8. The molecular weight excluding hydrogens is 447 g/mol. The number of furan rings is 1. The molecule has 0 atom stereocenters. The second kappa shape index (κ2) is 9.44. The van der Waals surface area contributed by atoms with Crippen LogP contribution in [0.25, 0.3) is 0 Å². The number of aliphatic imine (C=N–C) groups is 1. The second-order valence-corrected chi connectivity index (χ2v) is 7.64. The summed E-state index contributed by atoms with van der Waals surface area (Å²) >= 11 is 18.5. The lowest BCUT2D eigenvalue weighted by Crippen LogP contribution is -2.00. The number of halogens is 3. The van der Waals surface area contributed by atoms with E-state index in [1.165, 1.54) is 7.11 Å². The summed E-state index contributed by atoms with van der Waals surface area (Å²) in [5.74, 6) is 1.71. The molecule has 0 saturated carbocycles. The zero-order chi connectivity index (χ0) is 21.8. The Kier molecular flexibility index (Phi) is 6.94. The van der Waals surface area contributed by atoms with Crippen LogP contribution >= 0.6 is 34.8 Å². The summed E-state index contributed by atoms with van der Waals surface area (Å²) in [5.41, 5.74) is 2.59. The van der Waals surface area contributed by atoms with Gasteiger partial charge in [0.05, 0.1) is 12.1 Å². The van der Waals surface area contributed by atoms with Crippen molar-refractivity contribution in [1.82, 2.24) is 0 Å². The molecule has 0 aliphatic carbocycles. The highest BCUT2D eigenvalue weighted by Crippen LogP contribution is 2.37. The summed E-state index contributed by atoms with van der Waals surface area (Å²) in [6.07, 6.45) is 1.55. The molecule has 0 aliphatic heterocycles. The molecule has 0 amide bonds. The van der Waals surface area contributed by atoms with E-state index < -0.39 is 0 Å². The van der Waals surface area contributed by atoms with Crippen LogP contribution in [0.5, 0.6) is 11.5 Å². The Hall–Kier alpha value is -2.65. The van der Waals surface area contributed by atoms with E-state index in [4.69, 9.17) is 48.7 Å². The molecule has 0 spiro atoms. The molecule has 154 valence electrons. The molecular formula is C22H17Cl3N2O3. The molecule has 30 heavy (non-hydrogen) atoms. The van der Waals surface area contributed by atoms with Crippen molar-refractivity contribution >= 4 is 46.9 Å². The predicted octanol–water partition coefficient (Wildman–Crippen LogP) is 7.07. The Morgan fingerprint density at radius 1 is 1.13 bits per heavy atom. The molecule has 1 heterocycles. The van der Waals surface area contributed by atoms with Gasteiger partial charge < -0.3 is 13.9 Å². The average molecular weight is 464 g/mol. The number of ether oxygens (including phenoxy) is 2. The van der Waals surface area contributed by atoms with Crippen LogP contribution in [0.15, 0.2) is 39.7 Å². The minimum absolute atomic E-state index is 0.190. The zero-order valence-corrected chi connectivity index (χ0v) is 18.7. The molecule has 0 N–H and O–H groups in total. The predicted molar refractivity (Wildman–Crippen MR) is 119 cm³/mol. The highest BCUT2D eigenvalue weighted by molar-refractivity contribution is 6.35.